The number of carbonyl (C=O) groups excluding carboxylic acids is 1. The van der Waals surface area contributed by atoms with E-state index in [0.29, 0.717) is 24.6 Å². The SMILES string of the molecule is O=C(NC[C@@H]1CCOc2ccccc2C1)c1cccc(N2CCOCC2)c1. The van der Waals surface area contributed by atoms with E-state index in [1.807, 2.05) is 36.4 Å². The quantitative estimate of drug-likeness (QED) is 0.904. The van der Waals surface area contributed by atoms with Gasteiger partial charge in [0.05, 0.1) is 19.8 Å². The van der Waals surface area contributed by atoms with Gasteiger partial charge in [0, 0.05) is 30.9 Å². The van der Waals surface area contributed by atoms with E-state index in [-0.39, 0.29) is 5.91 Å². The van der Waals surface area contributed by atoms with Gasteiger partial charge in [-0.3, -0.25) is 4.79 Å². The average Bonchev–Trinajstić information content (AvgIpc) is 2.94. The monoisotopic (exact) mass is 366 g/mol. The van der Waals surface area contributed by atoms with E-state index in [9.17, 15) is 4.79 Å². The number of hydrogen-bond donors (Lipinski definition) is 1. The fraction of sp³-hybridized carbons (Fsp3) is 0.409. The van der Waals surface area contributed by atoms with Crippen LogP contribution in [0.2, 0.25) is 0 Å². The summed E-state index contributed by atoms with van der Waals surface area (Å²) in [6.45, 7) is 4.57. The Labute approximate surface area is 160 Å². The van der Waals surface area contributed by atoms with E-state index in [2.05, 4.69) is 22.3 Å². The summed E-state index contributed by atoms with van der Waals surface area (Å²) in [5, 5.41) is 3.12. The molecule has 0 unspecified atom stereocenters. The Morgan fingerprint density at radius 1 is 1.07 bits per heavy atom. The highest BCUT2D eigenvalue weighted by atomic mass is 16.5. The van der Waals surface area contributed by atoms with Crippen LogP contribution in [0.3, 0.4) is 0 Å². The number of amides is 1. The molecule has 2 heterocycles. The van der Waals surface area contributed by atoms with E-state index >= 15 is 0 Å². The molecule has 1 fully saturated rings. The van der Waals surface area contributed by atoms with Crippen molar-refractivity contribution in [1.29, 1.82) is 0 Å². The molecule has 0 radical (unpaired) electrons. The topological polar surface area (TPSA) is 50.8 Å². The molecule has 27 heavy (non-hydrogen) atoms. The minimum absolute atomic E-state index is 0.0106. The van der Waals surface area contributed by atoms with Crippen molar-refractivity contribution in [1.82, 2.24) is 5.32 Å². The van der Waals surface area contributed by atoms with Crippen LogP contribution < -0.4 is 15.0 Å². The molecule has 2 aromatic rings. The molecule has 1 amide bonds. The van der Waals surface area contributed by atoms with Gasteiger partial charge in [-0.05, 0) is 48.6 Å². The van der Waals surface area contributed by atoms with Crippen LogP contribution in [-0.4, -0.2) is 45.4 Å². The lowest BCUT2D eigenvalue weighted by molar-refractivity contribution is 0.0945. The van der Waals surface area contributed by atoms with Gasteiger partial charge >= 0.3 is 0 Å². The Balaban J connectivity index is 1.37. The zero-order chi connectivity index (χ0) is 18.5. The third kappa shape index (κ3) is 4.42. The fourth-order valence-electron chi connectivity index (χ4n) is 3.74. The lowest BCUT2D eigenvalue weighted by Gasteiger charge is -2.29. The van der Waals surface area contributed by atoms with Crippen LogP contribution in [0.1, 0.15) is 22.3 Å². The largest absolute Gasteiger partial charge is 0.493 e. The number of hydrogen-bond acceptors (Lipinski definition) is 4. The molecule has 2 aliphatic rings. The molecule has 5 heteroatoms. The maximum absolute atomic E-state index is 12.7. The average molecular weight is 366 g/mol. The van der Waals surface area contributed by atoms with Gasteiger partial charge in [0.1, 0.15) is 5.75 Å². The third-order valence-electron chi connectivity index (χ3n) is 5.30. The highest BCUT2D eigenvalue weighted by Crippen LogP contribution is 2.26. The highest BCUT2D eigenvalue weighted by molar-refractivity contribution is 5.95. The Bertz CT molecular complexity index is 787. The van der Waals surface area contributed by atoms with Gasteiger partial charge in [-0.1, -0.05) is 24.3 Å². The maximum Gasteiger partial charge on any atom is 0.251 e. The van der Waals surface area contributed by atoms with E-state index in [0.717, 1.165) is 50.6 Å². The molecule has 2 aromatic carbocycles. The van der Waals surface area contributed by atoms with Crippen molar-refractivity contribution in [3.63, 3.8) is 0 Å². The lowest BCUT2D eigenvalue weighted by atomic mass is 9.97. The number of benzene rings is 2. The number of nitrogens with zero attached hydrogens (tertiary/aromatic N) is 1. The number of para-hydroxylation sites is 1. The first-order valence-electron chi connectivity index (χ1n) is 9.71. The number of ether oxygens (including phenoxy) is 2. The van der Waals surface area contributed by atoms with Gasteiger partial charge in [-0.25, -0.2) is 0 Å². The van der Waals surface area contributed by atoms with Gasteiger partial charge in [0.15, 0.2) is 0 Å². The van der Waals surface area contributed by atoms with Crippen molar-refractivity contribution < 1.29 is 14.3 Å². The van der Waals surface area contributed by atoms with Gasteiger partial charge in [-0.15, -0.1) is 0 Å². The summed E-state index contributed by atoms with van der Waals surface area (Å²) in [6, 6.07) is 16.0. The minimum Gasteiger partial charge on any atom is -0.493 e. The predicted octanol–water partition coefficient (Wildman–Crippen LogP) is 2.89. The number of fused-ring (bicyclic) bond motifs is 1. The van der Waals surface area contributed by atoms with Gasteiger partial charge in [-0.2, -0.15) is 0 Å². The Morgan fingerprint density at radius 2 is 1.93 bits per heavy atom. The second kappa shape index (κ2) is 8.44. The van der Waals surface area contributed by atoms with Crippen LogP contribution in [0.15, 0.2) is 48.5 Å². The first kappa shape index (κ1) is 17.9. The number of nitrogens with one attached hydrogen (secondary N) is 1. The van der Waals surface area contributed by atoms with E-state index < -0.39 is 0 Å². The van der Waals surface area contributed by atoms with Gasteiger partial charge in [0.2, 0.25) is 0 Å². The highest BCUT2D eigenvalue weighted by Gasteiger charge is 2.19. The van der Waals surface area contributed by atoms with Crippen molar-refractivity contribution in [3.05, 3.63) is 59.7 Å². The fourth-order valence-corrected chi connectivity index (χ4v) is 3.74. The van der Waals surface area contributed by atoms with Crippen molar-refractivity contribution in [3.8, 4) is 5.75 Å². The van der Waals surface area contributed by atoms with Crippen molar-refractivity contribution >= 4 is 11.6 Å². The van der Waals surface area contributed by atoms with E-state index in [4.69, 9.17) is 9.47 Å². The Kier molecular flexibility index (Phi) is 5.58. The molecule has 1 N–H and O–H groups in total. The molecular formula is C22H26N2O3. The first-order chi connectivity index (χ1) is 13.3. The maximum atomic E-state index is 12.7. The molecule has 4 rings (SSSR count). The number of morpholine rings is 1. The lowest BCUT2D eigenvalue weighted by Crippen LogP contribution is -2.36. The summed E-state index contributed by atoms with van der Waals surface area (Å²) in [5.74, 6) is 1.35. The van der Waals surface area contributed by atoms with Crippen molar-refractivity contribution in [2.24, 2.45) is 5.92 Å². The van der Waals surface area contributed by atoms with Crippen LogP contribution >= 0.6 is 0 Å². The number of rotatable bonds is 4. The zero-order valence-corrected chi connectivity index (χ0v) is 15.5. The van der Waals surface area contributed by atoms with E-state index in [1.54, 1.807) is 0 Å². The second-order valence-corrected chi connectivity index (χ2v) is 7.17. The van der Waals surface area contributed by atoms with Crippen molar-refractivity contribution in [2.45, 2.75) is 12.8 Å². The van der Waals surface area contributed by atoms with Crippen LogP contribution in [0, 0.1) is 5.92 Å². The molecule has 1 atom stereocenters. The molecular weight excluding hydrogens is 340 g/mol. The smallest absolute Gasteiger partial charge is 0.251 e. The molecule has 142 valence electrons. The minimum atomic E-state index is -0.0106. The molecule has 0 aliphatic carbocycles. The van der Waals surface area contributed by atoms with Gasteiger partial charge in [0.25, 0.3) is 5.91 Å². The Hall–Kier alpha value is -2.53. The van der Waals surface area contributed by atoms with E-state index in [1.165, 1.54) is 5.56 Å². The summed E-state index contributed by atoms with van der Waals surface area (Å²) < 4.78 is 11.2. The van der Waals surface area contributed by atoms with Crippen molar-refractivity contribution in [2.75, 3.05) is 44.4 Å². The van der Waals surface area contributed by atoms with Gasteiger partial charge < -0.3 is 19.7 Å². The molecule has 0 saturated carbocycles. The zero-order valence-electron chi connectivity index (χ0n) is 15.5. The summed E-state index contributed by atoms with van der Waals surface area (Å²) in [4.78, 5) is 14.9. The summed E-state index contributed by atoms with van der Waals surface area (Å²) in [6.07, 6.45) is 1.88. The summed E-state index contributed by atoms with van der Waals surface area (Å²) >= 11 is 0. The third-order valence-corrected chi connectivity index (χ3v) is 5.30. The normalized spacial score (nSPS) is 19.6. The molecule has 2 aliphatic heterocycles. The molecule has 0 aromatic heterocycles. The first-order valence-corrected chi connectivity index (χ1v) is 9.71. The Morgan fingerprint density at radius 3 is 2.81 bits per heavy atom. The predicted molar refractivity (Wildman–Crippen MR) is 106 cm³/mol. The molecule has 0 spiro atoms. The molecule has 5 nitrogen and oxygen atoms in total. The second-order valence-electron chi connectivity index (χ2n) is 7.17. The summed E-state index contributed by atoms with van der Waals surface area (Å²) in [5.41, 5.74) is 3.02. The van der Waals surface area contributed by atoms with Crippen LogP contribution in [0.5, 0.6) is 5.75 Å². The van der Waals surface area contributed by atoms with Crippen LogP contribution in [-0.2, 0) is 11.2 Å². The van der Waals surface area contributed by atoms with Crippen LogP contribution in [0.25, 0.3) is 0 Å². The standard InChI is InChI=1S/C22H26N2O3/c25-22(19-5-3-6-20(15-19)24-9-12-26-13-10-24)23-16-17-8-11-27-21-7-2-1-4-18(21)14-17/h1-7,15,17H,8-14,16H2,(H,23,25)/t17-/m1/s1. The number of carbonyl (C=O) groups is 1. The number of anilines is 1. The molecule has 1 saturated heterocycles. The molecule has 0 bridgehead atoms. The summed E-state index contributed by atoms with van der Waals surface area (Å²) in [7, 11) is 0. The van der Waals surface area contributed by atoms with Crippen LogP contribution in [0.4, 0.5) is 5.69 Å².